The van der Waals surface area contributed by atoms with Crippen molar-refractivity contribution in [1.82, 2.24) is 0 Å². The highest BCUT2D eigenvalue weighted by atomic mass is 79.9. The molecule has 0 unspecified atom stereocenters. The van der Waals surface area contributed by atoms with Crippen LogP contribution in [0.4, 0.5) is 5.69 Å². The summed E-state index contributed by atoms with van der Waals surface area (Å²) in [5.74, 6) is -0.408. The first kappa shape index (κ1) is 15.6. The Labute approximate surface area is 139 Å². The molecule has 0 amide bonds. The quantitative estimate of drug-likeness (QED) is 0.722. The van der Waals surface area contributed by atoms with Crippen LogP contribution in [0.2, 0.25) is 9.36 Å². The van der Waals surface area contributed by atoms with Crippen molar-refractivity contribution in [2.75, 3.05) is 12.4 Å². The lowest BCUT2D eigenvalue weighted by molar-refractivity contribution is 0.0602. The molecule has 1 aromatic carbocycles. The second kappa shape index (κ2) is 6.80. The van der Waals surface area contributed by atoms with Gasteiger partial charge in [-0.1, -0.05) is 23.2 Å². The van der Waals surface area contributed by atoms with Crippen molar-refractivity contribution in [3.8, 4) is 0 Å². The highest BCUT2D eigenvalue weighted by molar-refractivity contribution is 9.10. The van der Waals surface area contributed by atoms with E-state index in [-0.39, 0.29) is 0 Å². The molecule has 0 aliphatic heterocycles. The Balaban J connectivity index is 2.19. The van der Waals surface area contributed by atoms with E-state index in [1.807, 2.05) is 6.07 Å². The van der Waals surface area contributed by atoms with Crippen LogP contribution in [0.3, 0.4) is 0 Å². The molecule has 0 atom stereocenters. The molecule has 0 saturated heterocycles. The first-order chi connectivity index (χ1) is 9.51. The van der Waals surface area contributed by atoms with E-state index in [1.165, 1.54) is 18.4 Å². The Morgan fingerprint density at radius 1 is 1.40 bits per heavy atom. The molecule has 0 saturated carbocycles. The summed E-state index contributed by atoms with van der Waals surface area (Å²) in [5.41, 5.74) is 1.07. The Hall–Kier alpha value is -0.750. The molecule has 0 fully saturated rings. The van der Waals surface area contributed by atoms with Gasteiger partial charge in [0.25, 0.3) is 0 Å². The van der Waals surface area contributed by atoms with Crippen LogP contribution in [0.1, 0.15) is 15.2 Å². The molecule has 1 heterocycles. The van der Waals surface area contributed by atoms with Gasteiger partial charge in [0.05, 0.1) is 18.4 Å². The minimum Gasteiger partial charge on any atom is -0.465 e. The number of benzene rings is 1. The minimum absolute atomic E-state index is 0.408. The van der Waals surface area contributed by atoms with E-state index in [0.29, 0.717) is 27.2 Å². The maximum atomic E-state index is 11.7. The van der Waals surface area contributed by atoms with Gasteiger partial charge in [-0.25, -0.2) is 4.79 Å². The molecule has 7 heteroatoms. The highest BCUT2D eigenvalue weighted by Crippen LogP contribution is 2.32. The Morgan fingerprint density at radius 2 is 2.15 bits per heavy atom. The summed E-state index contributed by atoms with van der Waals surface area (Å²) < 4.78 is 6.30. The van der Waals surface area contributed by atoms with Gasteiger partial charge in [0, 0.05) is 20.9 Å². The number of hydrogen-bond donors (Lipinski definition) is 1. The second-order valence-electron chi connectivity index (χ2n) is 3.87. The summed E-state index contributed by atoms with van der Waals surface area (Å²) >= 11 is 16.8. The molecular formula is C13H10BrCl2NO2S. The molecule has 1 N–H and O–H groups in total. The molecule has 2 rings (SSSR count). The average Bonchev–Trinajstić information content (AvgIpc) is 2.75. The number of anilines is 1. The lowest BCUT2D eigenvalue weighted by Gasteiger charge is -2.10. The Bertz CT molecular complexity index is 626. The van der Waals surface area contributed by atoms with Crippen LogP contribution in [0.5, 0.6) is 0 Å². The van der Waals surface area contributed by atoms with Crippen LogP contribution < -0.4 is 5.32 Å². The zero-order chi connectivity index (χ0) is 14.7. The third kappa shape index (κ3) is 3.67. The number of hydrogen-bond acceptors (Lipinski definition) is 4. The summed E-state index contributed by atoms with van der Waals surface area (Å²) in [6, 6.07) is 6.91. The molecular weight excluding hydrogens is 385 g/mol. The molecule has 3 nitrogen and oxygen atoms in total. The molecule has 106 valence electrons. The lowest BCUT2D eigenvalue weighted by atomic mass is 10.2. The van der Waals surface area contributed by atoms with Crippen molar-refractivity contribution in [2.24, 2.45) is 0 Å². The van der Waals surface area contributed by atoms with Gasteiger partial charge in [-0.15, -0.1) is 11.3 Å². The summed E-state index contributed by atoms with van der Waals surface area (Å²) in [5, 5.41) is 3.72. The van der Waals surface area contributed by atoms with Crippen molar-refractivity contribution >= 4 is 62.1 Å². The number of thiophene rings is 1. The number of rotatable bonds is 4. The molecule has 0 radical (unpaired) electrons. The van der Waals surface area contributed by atoms with Crippen molar-refractivity contribution in [3.63, 3.8) is 0 Å². The smallest absolute Gasteiger partial charge is 0.339 e. The van der Waals surface area contributed by atoms with E-state index < -0.39 is 5.97 Å². The zero-order valence-corrected chi connectivity index (χ0v) is 14.3. The van der Waals surface area contributed by atoms with Gasteiger partial charge >= 0.3 is 5.97 Å². The SMILES string of the molecule is COC(=O)c1ccc(Cl)cc1NCc1cc(Br)c(Cl)s1. The molecule has 20 heavy (non-hydrogen) atoms. The van der Waals surface area contributed by atoms with Gasteiger partial charge in [-0.05, 0) is 40.2 Å². The van der Waals surface area contributed by atoms with Crippen molar-refractivity contribution in [3.05, 3.63) is 48.5 Å². The van der Waals surface area contributed by atoms with Crippen molar-refractivity contribution < 1.29 is 9.53 Å². The molecule has 2 aromatic rings. The predicted octanol–water partition coefficient (Wildman–Crippen LogP) is 5.22. The number of methoxy groups -OCH3 is 1. The molecule has 0 aliphatic carbocycles. The van der Waals surface area contributed by atoms with E-state index >= 15 is 0 Å². The number of esters is 1. The first-order valence-electron chi connectivity index (χ1n) is 5.56. The van der Waals surface area contributed by atoms with Gasteiger partial charge < -0.3 is 10.1 Å². The maximum absolute atomic E-state index is 11.7. The third-order valence-corrected chi connectivity index (χ3v) is 5.25. The number of carbonyl (C=O) groups excluding carboxylic acids is 1. The fourth-order valence-corrected chi connectivity index (χ4v) is 3.51. The summed E-state index contributed by atoms with van der Waals surface area (Å²) in [4.78, 5) is 12.7. The third-order valence-electron chi connectivity index (χ3n) is 2.54. The van der Waals surface area contributed by atoms with E-state index in [2.05, 4.69) is 21.2 Å². The monoisotopic (exact) mass is 393 g/mol. The standard InChI is InChI=1S/C13H10BrCl2NO2S/c1-19-13(18)9-3-2-7(15)4-11(9)17-6-8-5-10(14)12(16)20-8/h2-5,17H,6H2,1H3. The fraction of sp³-hybridized carbons (Fsp3) is 0.154. The Morgan fingerprint density at radius 3 is 2.75 bits per heavy atom. The number of halogens is 3. The normalized spacial score (nSPS) is 10.4. The maximum Gasteiger partial charge on any atom is 0.339 e. The highest BCUT2D eigenvalue weighted by Gasteiger charge is 2.13. The second-order valence-corrected chi connectivity index (χ2v) is 6.90. The van der Waals surface area contributed by atoms with Crippen molar-refractivity contribution in [1.29, 1.82) is 0 Å². The molecule has 0 aliphatic rings. The number of carbonyl (C=O) groups is 1. The fourth-order valence-electron chi connectivity index (χ4n) is 1.61. The summed E-state index contributed by atoms with van der Waals surface area (Å²) in [6.07, 6.45) is 0. The minimum atomic E-state index is -0.408. The van der Waals surface area contributed by atoms with Crippen LogP contribution in [0, 0.1) is 0 Å². The molecule has 0 spiro atoms. The van der Waals surface area contributed by atoms with E-state index in [4.69, 9.17) is 27.9 Å². The first-order valence-corrected chi connectivity index (χ1v) is 7.93. The van der Waals surface area contributed by atoms with Crippen molar-refractivity contribution in [2.45, 2.75) is 6.54 Å². The molecule has 0 bridgehead atoms. The van der Waals surface area contributed by atoms with Gasteiger partial charge in [0.15, 0.2) is 0 Å². The summed E-state index contributed by atoms with van der Waals surface area (Å²) in [6.45, 7) is 0.542. The van der Waals surface area contributed by atoms with Crippen LogP contribution in [-0.4, -0.2) is 13.1 Å². The topological polar surface area (TPSA) is 38.3 Å². The van der Waals surface area contributed by atoms with Crippen LogP contribution in [0.15, 0.2) is 28.7 Å². The summed E-state index contributed by atoms with van der Waals surface area (Å²) in [7, 11) is 1.34. The number of ether oxygens (including phenoxy) is 1. The van der Waals surface area contributed by atoms with E-state index in [1.54, 1.807) is 18.2 Å². The predicted molar refractivity (Wildman–Crippen MR) is 87.1 cm³/mol. The van der Waals surface area contributed by atoms with Crippen LogP contribution in [-0.2, 0) is 11.3 Å². The van der Waals surface area contributed by atoms with Gasteiger partial charge in [0.1, 0.15) is 4.34 Å². The van der Waals surface area contributed by atoms with Crippen LogP contribution >= 0.6 is 50.5 Å². The van der Waals surface area contributed by atoms with Crippen LogP contribution in [0.25, 0.3) is 0 Å². The number of nitrogens with one attached hydrogen (secondary N) is 1. The average molecular weight is 395 g/mol. The van der Waals surface area contributed by atoms with Gasteiger partial charge in [0.2, 0.25) is 0 Å². The molecule has 1 aromatic heterocycles. The lowest BCUT2D eigenvalue weighted by Crippen LogP contribution is -2.07. The largest absolute Gasteiger partial charge is 0.465 e. The Kier molecular flexibility index (Phi) is 5.32. The van der Waals surface area contributed by atoms with Gasteiger partial charge in [-0.2, -0.15) is 0 Å². The van der Waals surface area contributed by atoms with Gasteiger partial charge in [-0.3, -0.25) is 0 Å². The zero-order valence-electron chi connectivity index (χ0n) is 10.4. The van der Waals surface area contributed by atoms with E-state index in [0.717, 1.165) is 9.35 Å². The van der Waals surface area contributed by atoms with E-state index in [9.17, 15) is 4.79 Å².